The van der Waals surface area contributed by atoms with Crippen molar-refractivity contribution >= 4 is 0 Å². The maximum Gasteiger partial charge on any atom is 0.0602 e. The molecule has 3 rings (SSSR count). The van der Waals surface area contributed by atoms with Gasteiger partial charge in [-0.1, -0.05) is 73.5 Å². The number of nitrogens with zero attached hydrogens (tertiary/aromatic N) is 2. The Hall–Kier alpha value is -1.68. The third-order valence-corrected chi connectivity index (χ3v) is 5.43. The molecule has 1 aliphatic heterocycles. The SMILES string of the molecule is NCCCCCCN1CCN(C(c2ccccc2)c2ccccc2)CC1. The van der Waals surface area contributed by atoms with Gasteiger partial charge in [0.1, 0.15) is 0 Å². The smallest absolute Gasteiger partial charge is 0.0602 e. The molecule has 0 saturated carbocycles. The number of unbranched alkanes of at least 4 members (excludes halogenated alkanes) is 3. The first-order chi connectivity index (χ1) is 12.9. The van der Waals surface area contributed by atoms with Crippen LogP contribution in [0, 0.1) is 0 Å². The van der Waals surface area contributed by atoms with Crippen molar-refractivity contribution in [2.75, 3.05) is 39.3 Å². The van der Waals surface area contributed by atoms with Gasteiger partial charge in [-0.15, -0.1) is 0 Å². The van der Waals surface area contributed by atoms with Crippen LogP contribution in [0.1, 0.15) is 42.9 Å². The van der Waals surface area contributed by atoms with E-state index in [2.05, 4.69) is 70.5 Å². The van der Waals surface area contributed by atoms with Gasteiger partial charge in [-0.2, -0.15) is 0 Å². The van der Waals surface area contributed by atoms with E-state index in [0.29, 0.717) is 6.04 Å². The molecule has 1 saturated heterocycles. The fraction of sp³-hybridized carbons (Fsp3) is 0.478. The van der Waals surface area contributed by atoms with Crippen molar-refractivity contribution in [3.8, 4) is 0 Å². The van der Waals surface area contributed by atoms with Gasteiger partial charge in [0, 0.05) is 26.2 Å². The van der Waals surface area contributed by atoms with Crippen LogP contribution in [0.4, 0.5) is 0 Å². The standard InChI is InChI=1S/C23H33N3/c24-15-9-1-2-10-16-25-17-19-26(20-18-25)23(21-11-5-3-6-12-21)22-13-7-4-8-14-22/h3-8,11-14,23H,1-2,9-10,15-20,24H2. The fourth-order valence-corrected chi connectivity index (χ4v) is 3.96. The van der Waals surface area contributed by atoms with Crippen LogP contribution in [0.2, 0.25) is 0 Å². The van der Waals surface area contributed by atoms with E-state index in [0.717, 1.165) is 19.6 Å². The van der Waals surface area contributed by atoms with Crippen molar-refractivity contribution in [3.63, 3.8) is 0 Å². The molecular weight excluding hydrogens is 318 g/mol. The molecule has 140 valence electrons. The molecule has 2 N–H and O–H groups in total. The molecule has 3 nitrogen and oxygen atoms in total. The van der Waals surface area contributed by atoms with Crippen molar-refractivity contribution in [1.82, 2.24) is 9.80 Å². The number of hydrogen-bond donors (Lipinski definition) is 1. The largest absolute Gasteiger partial charge is 0.330 e. The molecule has 26 heavy (non-hydrogen) atoms. The second-order valence-corrected chi connectivity index (χ2v) is 7.30. The summed E-state index contributed by atoms with van der Waals surface area (Å²) in [6, 6.07) is 22.3. The van der Waals surface area contributed by atoms with E-state index in [1.54, 1.807) is 0 Å². The Morgan fingerprint density at radius 1 is 0.692 bits per heavy atom. The molecule has 1 aliphatic rings. The topological polar surface area (TPSA) is 32.5 Å². The summed E-state index contributed by atoms with van der Waals surface area (Å²) in [5.74, 6) is 0. The molecule has 0 bridgehead atoms. The molecule has 0 aromatic heterocycles. The molecule has 3 heteroatoms. The average Bonchev–Trinajstić information content (AvgIpc) is 2.71. The first-order valence-electron chi connectivity index (χ1n) is 10.1. The average molecular weight is 352 g/mol. The second kappa shape index (κ2) is 10.5. The van der Waals surface area contributed by atoms with Gasteiger partial charge in [-0.05, 0) is 37.1 Å². The summed E-state index contributed by atoms with van der Waals surface area (Å²) in [6.07, 6.45) is 5.07. The van der Waals surface area contributed by atoms with Crippen molar-refractivity contribution in [2.24, 2.45) is 5.73 Å². The lowest BCUT2D eigenvalue weighted by molar-refractivity contribution is 0.108. The lowest BCUT2D eigenvalue weighted by atomic mass is 9.96. The van der Waals surface area contributed by atoms with E-state index in [1.165, 1.54) is 56.4 Å². The Bertz CT molecular complexity index is 566. The van der Waals surface area contributed by atoms with E-state index < -0.39 is 0 Å². The highest BCUT2D eigenvalue weighted by molar-refractivity contribution is 5.31. The van der Waals surface area contributed by atoms with Gasteiger partial charge in [0.15, 0.2) is 0 Å². The van der Waals surface area contributed by atoms with Gasteiger partial charge in [0.2, 0.25) is 0 Å². The van der Waals surface area contributed by atoms with Crippen LogP contribution in [0.3, 0.4) is 0 Å². The summed E-state index contributed by atoms with van der Waals surface area (Å²) in [5.41, 5.74) is 8.37. The molecule has 0 aliphatic carbocycles. The Morgan fingerprint density at radius 3 is 1.77 bits per heavy atom. The van der Waals surface area contributed by atoms with Crippen LogP contribution in [0.15, 0.2) is 60.7 Å². The zero-order valence-corrected chi connectivity index (χ0v) is 15.9. The molecule has 0 spiro atoms. The molecule has 2 aromatic carbocycles. The van der Waals surface area contributed by atoms with Crippen LogP contribution in [0.25, 0.3) is 0 Å². The highest BCUT2D eigenvalue weighted by Crippen LogP contribution is 2.29. The number of benzene rings is 2. The Balaban J connectivity index is 1.58. The van der Waals surface area contributed by atoms with E-state index >= 15 is 0 Å². The number of rotatable bonds is 9. The van der Waals surface area contributed by atoms with Crippen LogP contribution >= 0.6 is 0 Å². The quantitative estimate of drug-likeness (QED) is 0.695. The second-order valence-electron chi connectivity index (χ2n) is 7.30. The normalized spacial score (nSPS) is 16.2. The van der Waals surface area contributed by atoms with Crippen molar-refractivity contribution in [2.45, 2.75) is 31.7 Å². The number of piperazine rings is 1. The molecule has 1 heterocycles. The van der Waals surface area contributed by atoms with Crippen LogP contribution < -0.4 is 5.73 Å². The lowest BCUT2D eigenvalue weighted by Crippen LogP contribution is -2.48. The molecule has 0 atom stereocenters. The summed E-state index contributed by atoms with van der Waals surface area (Å²) in [4.78, 5) is 5.28. The highest BCUT2D eigenvalue weighted by Gasteiger charge is 2.25. The Kier molecular flexibility index (Phi) is 7.68. The van der Waals surface area contributed by atoms with Crippen LogP contribution in [-0.4, -0.2) is 49.1 Å². The third kappa shape index (κ3) is 5.41. The van der Waals surface area contributed by atoms with Crippen LogP contribution in [-0.2, 0) is 0 Å². The molecular formula is C23H33N3. The molecule has 0 unspecified atom stereocenters. The minimum absolute atomic E-state index is 0.365. The minimum atomic E-state index is 0.365. The van der Waals surface area contributed by atoms with Gasteiger partial charge >= 0.3 is 0 Å². The highest BCUT2D eigenvalue weighted by atomic mass is 15.3. The van der Waals surface area contributed by atoms with Crippen LogP contribution in [0.5, 0.6) is 0 Å². The van der Waals surface area contributed by atoms with Gasteiger partial charge in [0.25, 0.3) is 0 Å². The zero-order valence-electron chi connectivity index (χ0n) is 15.9. The van der Waals surface area contributed by atoms with Gasteiger partial charge in [-0.3, -0.25) is 4.90 Å². The first kappa shape index (κ1) is 19.1. The summed E-state index contributed by atoms with van der Waals surface area (Å²) in [6.45, 7) is 6.69. The summed E-state index contributed by atoms with van der Waals surface area (Å²) < 4.78 is 0. The molecule has 1 fully saturated rings. The minimum Gasteiger partial charge on any atom is -0.330 e. The predicted octanol–water partition coefficient (Wildman–Crippen LogP) is 3.91. The predicted molar refractivity (Wildman–Crippen MR) is 110 cm³/mol. The molecule has 2 aromatic rings. The van der Waals surface area contributed by atoms with Gasteiger partial charge < -0.3 is 10.6 Å². The summed E-state index contributed by atoms with van der Waals surface area (Å²) in [7, 11) is 0. The van der Waals surface area contributed by atoms with E-state index in [9.17, 15) is 0 Å². The third-order valence-electron chi connectivity index (χ3n) is 5.43. The summed E-state index contributed by atoms with van der Waals surface area (Å²) >= 11 is 0. The Morgan fingerprint density at radius 2 is 1.23 bits per heavy atom. The van der Waals surface area contributed by atoms with E-state index in [1.807, 2.05) is 0 Å². The maximum absolute atomic E-state index is 5.58. The van der Waals surface area contributed by atoms with Crippen molar-refractivity contribution in [3.05, 3.63) is 71.8 Å². The lowest BCUT2D eigenvalue weighted by Gasteiger charge is -2.39. The maximum atomic E-state index is 5.58. The monoisotopic (exact) mass is 351 g/mol. The van der Waals surface area contributed by atoms with Crippen molar-refractivity contribution < 1.29 is 0 Å². The van der Waals surface area contributed by atoms with Crippen molar-refractivity contribution in [1.29, 1.82) is 0 Å². The van der Waals surface area contributed by atoms with E-state index in [4.69, 9.17) is 5.73 Å². The Labute approximate surface area is 158 Å². The van der Waals surface area contributed by atoms with Gasteiger partial charge in [-0.25, -0.2) is 0 Å². The zero-order chi connectivity index (χ0) is 18.0. The van der Waals surface area contributed by atoms with Gasteiger partial charge in [0.05, 0.1) is 6.04 Å². The van der Waals surface area contributed by atoms with E-state index in [-0.39, 0.29) is 0 Å². The number of hydrogen-bond acceptors (Lipinski definition) is 3. The number of nitrogens with two attached hydrogens (primary N) is 1. The molecule has 0 amide bonds. The first-order valence-corrected chi connectivity index (χ1v) is 10.1. The fourth-order valence-electron chi connectivity index (χ4n) is 3.96. The summed E-state index contributed by atoms with van der Waals surface area (Å²) in [5, 5.41) is 0. The molecule has 0 radical (unpaired) electrons.